The molecule has 1 unspecified atom stereocenters. The Morgan fingerprint density at radius 3 is 2.48 bits per heavy atom. The number of sulfonamides is 1. The van der Waals surface area contributed by atoms with Crippen molar-refractivity contribution < 1.29 is 17.9 Å². The van der Waals surface area contributed by atoms with E-state index in [1.54, 1.807) is 42.5 Å². The highest BCUT2D eigenvalue weighted by Gasteiger charge is 2.30. The Morgan fingerprint density at radius 2 is 1.70 bits per heavy atom. The molecule has 1 amide bonds. The van der Waals surface area contributed by atoms with E-state index in [0.29, 0.717) is 18.0 Å². The van der Waals surface area contributed by atoms with Crippen LogP contribution in [0, 0.1) is 0 Å². The minimum absolute atomic E-state index is 0.118. The zero-order chi connectivity index (χ0) is 23.3. The van der Waals surface area contributed by atoms with Crippen molar-refractivity contribution >= 4 is 21.6 Å². The maximum atomic E-state index is 13.6. The molecule has 0 fully saturated rings. The number of aryl methyl sites for hydroxylation is 1. The second-order valence-corrected chi connectivity index (χ2v) is 9.80. The van der Waals surface area contributed by atoms with Crippen LogP contribution in [-0.4, -0.2) is 27.5 Å². The predicted molar refractivity (Wildman–Crippen MR) is 129 cm³/mol. The van der Waals surface area contributed by atoms with E-state index < -0.39 is 10.0 Å². The molecular weight excluding hydrogens is 436 g/mol. The second kappa shape index (κ2) is 10.1. The topological polar surface area (TPSA) is 75.7 Å². The Hall–Kier alpha value is -3.32. The fraction of sp³-hybridized carbons (Fsp3) is 0.269. The molecule has 0 radical (unpaired) electrons. The first-order chi connectivity index (χ1) is 16.0. The molecule has 0 aromatic heterocycles. The van der Waals surface area contributed by atoms with Gasteiger partial charge in [0.2, 0.25) is 5.91 Å². The first-order valence-electron chi connectivity index (χ1n) is 11.2. The fourth-order valence-corrected chi connectivity index (χ4v) is 5.69. The van der Waals surface area contributed by atoms with Gasteiger partial charge < -0.3 is 10.1 Å². The summed E-state index contributed by atoms with van der Waals surface area (Å²) < 4.78 is 34.0. The number of carbonyl (C=O) groups excluding carboxylic acids is 1. The number of fused-ring (bicyclic) bond motifs is 1. The van der Waals surface area contributed by atoms with Crippen LogP contribution in [0.2, 0.25) is 0 Å². The standard InChI is InChI=1S/C26H28N2O4S/c1-2-32-25-18-9-8-17-24(25)28(33(30,31)21-13-4-3-5-14-21)19-26(29)27-23-16-10-12-20-11-6-7-15-22(20)23/h3-9,11,13-15,17-18,23H,2,10,12,16,19H2,1H3,(H,27,29). The number of para-hydroxylation sites is 2. The van der Waals surface area contributed by atoms with Gasteiger partial charge in [-0.2, -0.15) is 0 Å². The molecule has 0 saturated heterocycles. The van der Waals surface area contributed by atoms with E-state index in [1.807, 2.05) is 25.1 Å². The Labute approximate surface area is 195 Å². The first kappa shape index (κ1) is 22.9. The Kier molecular flexibility index (Phi) is 6.99. The van der Waals surface area contributed by atoms with Gasteiger partial charge in [0.15, 0.2) is 0 Å². The van der Waals surface area contributed by atoms with Crippen LogP contribution in [-0.2, 0) is 21.2 Å². The van der Waals surface area contributed by atoms with E-state index in [2.05, 4.69) is 11.4 Å². The number of ether oxygens (including phenoxy) is 1. The maximum absolute atomic E-state index is 13.6. The van der Waals surface area contributed by atoms with Gasteiger partial charge in [-0.15, -0.1) is 0 Å². The van der Waals surface area contributed by atoms with Crippen LogP contribution < -0.4 is 14.4 Å². The monoisotopic (exact) mass is 464 g/mol. The lowest BCUT2D eigenvalue weighted by Gasteiger charge is -2.29. The summed E-state index contributed by atoms with van der Waals surface area (Å²) in [5.74, 6) is 0.0535. The zero-order valence-electron chi connectivity index (χ0n) is 18.6. The Balaban J connectivity index is 1.66. The van der Waals surface area contributed by atoms with Crippen molar-refractivity contribution in [3.63, 3.8) is 0 Å². The normalized spacial score (nSPS) is 15.4. The lowest BCUT2D eigenvalue weighted by molar-refractivity contribution is -0.120. The molecule has 7 heteroatoms. The highest BCUT2D eigenvalue weighted by atomic mass is 32.2. The minimum atomic E-state index is -4.00. The second-order valence-electron chi connectivity index (χ2n) is 7.94. The van der Waals surface area contributed by atoms with E-state index in [9.17, 15) is 13.2 Å². The lowest BCUT2D eigenvalue weighted by Crippen LogP contribution is -2.42. The third-order valence-electron chi connectivity index (χ3n) is 5.76. The van der Waals surface area contributed by atoms with Crippen LogP contribution in [0.3, 0.4) is 0 Å². The number of hydrogen-bond acceptors (Lipinski definition) is 4. The fourth-order valence-electron chi connectivity index (χ4n) is 4.23. The van der Waals surface area contributed by atoms with Gasteiger partial charge in [0.1, 0.15) is 12.3 Å². The molecule has 0 aliphatic heterocycles. The smallest absolute Gasteiger partial charge is 0.264 e. The molecule has 0 saturated carbocycles. The number of benzene rings is 3. The third-order valence-corrected chi connectivity index (χ3v) is 7.53. The summed E-state index contributed by atoms with van der Waals surface area (Å²) in [5.41, 5.74) is 2.66. The molecule has 1 aliphatic carbocycles. The molecule has 0 bridgehead atoms. The molecule has 6 nitrogen and oxygen atoms in total. The Bertz CT molecular complexity index is 1210. The van der Waals surface area contributed by atoms with Gasteiger partial charge in [-0.3, -0.25) is 9.10 Å². The summed E-state index contributed by atoms with van der Waals surface area (Å²) in [6.07, 6.45) is 2.78. The molecule has 3 aromatic carbocycles. The first-order valence-corrected chi connectivity index (χ1v) is 12.6. The maximum Gasteiger partial charge on any atom is 0.264 e. The summed E-state index contributed by atoms with van der Waals surface area (Å²) in [5, 5.41) is 3.06. The van der Waals surface area contributed by atoms with Crippen LogP contribution in [0.15, 0.2) is 83.8 Å². The Morgan fingerprint density at radius 1 is 1.00 bits per heavy atom. The van der Waals surface area contributed by atoms with Crippen LogP contribution in [0.4, 0.5) is 5.69 Å². The van der Waals surface area contributed by atoms with Crippen molar-refractivity contribution in [2.45, 2.75) is 37.1 Å². The molecule has 1 aliphatic rings. The van der Waals surface area contributed by atoms with Gasteiger partial charge >= 0.3 is 0 Å². The SMILES string of the molecule is CCOc1ccccc1N(CC(=O)NC1CCCc2ccccc21)S(=O)(=O)c1ccccc1. The van der Waals surface area contributed by atoms with Crippen molar-refractivity contribution in [1.29, 1.82) is 0 Å². The van der Waals surface area contributed by atoms with E-state index in [1.165, 1.54) is 17.7 Å². The van der Waals surface area contributed by atoms with Gasteiger partial charge in [0, 0.05) is 0 Å². The van der Waals surface area contributed by atoms with Crippen LogP contribution >= 0.6 is 0 Å². The molecule has 1 N–H and O–H groups in total. The van der Waals surface area contributed by atoms with Crippen molar-refractivity contribution in [2.75, 3.05) is 17.5 Å². The highest BCUT2D eigenvalue weighted by Crippen LogP contribution is 2.33. The number of anilines is 1. The quantitative estimate of drug-likeness (QED) is 0.534. The van der Waals surface area contributed by atoms with Crippen LogP contribution in [0.25, 0.3) is 0 Å². The summed E-state index contributed by atoms with van der Waals surface area (Å²) in [6.45, 7) is 1.86. The van der Waals surface area contributed by atoms with Crippen LogP contribution in [0.5, 0.6) is 5.75 Å². The molecule has 1 atom stereocenters. The summed E-state index contributed by atoms with van der Waals surface area (Å²) in [4.78, 5) is 13.3. The van der Waals surface area contributed by atoms with Crippen molar-refractivity contribution in [3.05, 3.63) is 90.0 Å². The molecule has 33 heavy (non-hydrogen) atoms. The van der Waals surface area contributed by atoms with Gasteiger partial charge in [-0.1, -0.05) is 54.6 Å². The highest BCUT2D eigenvalue weighted by molar-refractivity contribution is 7.92. The summed E-state index contributed by atoms with van der Waals surface area (Å²) in [6, 6.07) is 23.0. The van der Waals surface area contributed by atoms with Gasteiger partial charge in [-0.25, -0.2) is 8.42 Å². The number of hydrogen-bond donors (Lipinski definition) is 1. The number of amides is 1. The third kappa shape index (κ3) is 5.03. The minimum Gasteiger partial charge on any atom is -0.492 e. The van der Waals surface area contributed by atoms with Gasteiger partial charge in [-0.05, 0) is 61.6 Å². The number of rotatable bonds is 8. The summed E-state index contributed by atoms with van der Waals surface area (Å²) >= 11 is 0. The number of carbonyl (C=O) groups is 1. The van der Waals surface area contributed by atoms with E-state index in [0.717, 1.165) is 29.1 Å². The molecule has 0 heterocycles. The van der Waals surface area contributed by atoms with Crippen molar-refractivity contribution in [3.8, 4) is 5.75 Å². The molecule has 0 spiro atoms. The molecular formula is C26H28N2O4S. The molecule has 3 aromatic rings. The van der Waals surface area contributed by atoms with E-state index >= 15 is 0 Å². The van der Waals surface area contributed by atoms with Crippen molar-refractivity contribution in [1.82, 2.24) is 5.32 Å². The molecule has 172 valence electrons. The van der Waals surface area contributed by atoms with Crippen molar-refractivity contribution in [2.24, 2.45) is 0 Å². The van der Waals surface area contributed by atoms with Gasteiger partial charge in [0.05, 0.1) is 23.2 Å². The predicted octanol–water partition coefficient (Wildman–Crippen LogP) is 4.47. The van der Waals surface area contributed by atoms with Crippen LogP contribution in [0.1, 0.15) is 36.9 Å². The average Bonchev–Trinajstić information content (AvgIpc) is 2.84. The van der Waals surface area contributed by atoms with E-state index in [-0.39, 0.29) is 23.4 Å². The number of nitrogens with one attached hydrogen (secondary N) is 1. The van der Waals surface area contributed by atoms with Gasteiger partial charge in [0.25, 0.3) is 10.0 Å². The number of nitrogens with zero attached hydrogens (tertiary/aromatic N) is 1. The zero-order valence-corrected chi connectivity index (χ0v) is 19.4. The van der Waals surface area contributed by atoms with E-state index in [4.69, 9.17) is 4.74 Å². The largest absolute Gasteiger partial charge is 0.492 e. The average molecular weight is 465 g/mol. The summed E-state index contributed by atoms with van der Waals surface area (Å²) in [7, 11) is -4.00. The molecule has 4 rings (SSSR count). The lowest BCUT2D eigenvalue weighted by atomic mass is 9.88.